The van der Waals surface area contributed by atoms with Gasteiger partial charge in [-0.25, -0.2) is 4.57 Å². The molecule has 1 fully saturated rings. The van der Waals surface area contributed by atoms with E-state index < -0.39 is 13.4 Å². The summed E-state index contributed by atoms with van der Waals surface area (Å²) in [4.78, 5) is 17.8. The third kappa shape index (κ3) is 6.55. The highest BCUT2D eigenvalue weighted by Gasteiger charge is 2.38. The molecule has 2 atom stereocenters. The van der Waals surface area contributed by atoms with Crippen LogP contribution < -0.4 is 15.2 Å². The van der Waals surface area contributed by atoms with Crippen molar-refractivity contribution in [3.63, 3.8) is 0 Å². The Hall–Kier alpha value is -1.89. The van der Waals surface area contributed by atoms with Crippen molar-refractivity contribution in [1.29, 1.82) is 0 Å². The van der Waals surface area contributed by atoms with Crippen molar-refractivity contribution in [2.45, 2.75) is 51.0 Å². The monoisotopic (exact) mass is 449 g/mol. The molecule has 0 spiro atoms. The number of rotatable bonds is 9. The lowest BCUT2D eigenvalue weighted by Crippen LogP contribution is -2.41. The molecule has 0 saturated heterocycles. The number of hydrogen-bond acceptors (Lipinski definition) is 5. The second-order valence-corrected chi connectivity index (χ2v) is 9.74. The molecule has 3 rings (SSSR count). The summed E-state index contributed by atoms with van der Waals surface area (Å²) in [5.41, 5.74) is 10.2. The molecule has 0 aliphatic heterocycles. The van der Waals surface area contributed by atoms with Crippen molar-refractivity contribution >= 4 is 7.82 Å². The number of ether oxygens (including phenoxy) is 2. The minimum Gasteiger partial charge on any atom is -0.496 e. The molecule has 8 heteroatoms. The van der Waals surface area contributed by atoms with E-state index in [0.717, 1.165) is 41.0 Å². The van der Waals surface area contributed by atoms with Gasteiger partial charge >= 0.3 is 7.82 Å². The Kier molecular flexibility index (Phi) is 7.45. The van der Waals surface area contributed by atoms with E-state index in [-0.39, 0.29) is 12.5 Å². The van der Waals surface area contributed by atoms with Crippen LogP contribution in [0, 0.1) is 13.8 Å². The molecule has 1 aliphatic rings. The van der Waals surface area contributed by atoms with Gasteiger partial charge in [0.15, 0.2) is 0 Å². The maximum absolute atomic E-state index is 11.0. The summed E-state index contributed by atoms with van der Waals surface area (Å²) >= 11 is 0. The quantitative estimate of drug-likeness (QED) is 0.496. The zero-order valence-corrected chi connectivity index (χ0v) is 19.2. The number of hydrogen-bond donors (Lipinski definition) is 3. The van der Waals surface area contributed by atoms with Crippen LogP contribution in [0.2, 0.25) is 0 Å². The molecule has 2 aromatic rings. The first-order valence-corrected chi connectivity index (χ1v) is 12.0. The Balaban J connectivity index is 1.51. The molecule has 4 N–H and O–H groups in total. The fourth-order valence-corrected chi connectivity index (χ4v) is 4.84. The van der Waals surface area contributed by atoms with E-state index in [1.165, 1.54) is 5.56 Å². The Morgan fingerprint density at radius 1 is 1.16 bits per heavy atom. The van der Waals surface area contributed by atoms with Crippen molar-refractivity contribution < 1.29 is 28.3 Å². The number of phosphoric ester groups is 1. The van der Waals surface area contributed by atoms with Crippen LogP contribution in [-0.2, 0) is 15.5 Å². The van der Waals surface area contributed by atoms with E-state index >= 15 is 0 Å². The van der Waals surface area contributed by atoms with Gasteiger partial charge in [-0.15, -0.1) is 0 Å². The van der Waals surface area contributed by atoms with E-state index in [4.69, 9.17) is 25.0 Å². The van der Waals surface area contributed by atoms with E-state index in [1.54, 1.807) is 7.11 Å². The van der Waals surface area contributed by atoms with Gasteiger partial charge in [-0.3, -0.25) is 4.52 Å². The van der Waals surface area contributed by atoms with Crippen molar-refractivity contribution in [3.05, 3.63) is 58.7 Å². The Morgan fingerprint density at radius 2 is 1.81 bits per heavy atom. The third-order valence-electron chi connectivity index (χ3n) is 5.90. The maximum Gasteiger partial charge on any atom is 0.469 e. The van der Waals surface area contributed by atoms with Crippen molar-refractivity contribution in [1.82, 2.24) is 0 Å². The minimum absolute atomic E-state index is 0.140. The van der Waals surface area contributed by atoms with Crippen LogP contribution >= 0.6 is 7.82 Å². The van der Waals surface area contributed by atoms with Crippen LogP contribution in [0.25, 0.3) is 0 Å². The minimum atomic E-state index is -4.50. The highest BCUT2D eigenvalue weighted by Crippen LogP contribution is 2.43. The van der Waals surface area contributed by atoms with Gasteiger partial charge in [-0.05, 0) is 73.4 Å². The van der Waals surface area contributed by atoms with Crippen molar-refractivity contribution in [3.8, 4) is 11.5 Å². The molecule has 1 saturated carbocycles. The molecular weight excluding hydrogens is 417 g/mol. The lowest BCUT2D eigenvalue weighted by Gasteiger charge is -2.24. The molecule has 0 bridgehead atoms. The van der Waals surface area contributed by atoms with Gasteiger partial charge in [0.25, 0.3) is 0 Å². The van der Waals surface area contributed by atoms with E-state index in [0.29, 0.717) is 19.4 Å². The predicted octanol–water partition coefficient (Wildman–Crippen LogP) is 4.01. The van der Waals surface area contributed by atoms with Gasteiger partial charge in [0.05, 0.1) is 20.3 Å². The Morgan fingerprint density at radius 3 is 2.39 bits per heavy atom. The number of methoxy groups -OCH3 is 1. The van der Waals surface area contributed by atoms with Crippen LogP contribution in [0.4, 0.5) is 0 Å². The van der Waals surface area contributed by atoms with Crippen LogP contribution in [0.5, 0.6) is 11.5 Å². The van der Waals surface area contributed by atoms with E-state index in [2.05, 4.69) is 16.7 Å². The van der Waals surface area contributed by atoms with Gasteiger partial charge in [0, 0.05) is 12.0 Å². The first-order valence-electron chi connectivity index (χ1n) is 10.4. The number of aryl methyl sites for hydroxylation is 2. The fraction of sp³-hybridized carbons (Fsp3) is 0.478. The zero-order chi connectivity index (χ0) is 22.6. The van der Waals surface area contributed by atoms with E-state index in [9.17, 15) is 4.57 Å². The lowest BCUT2D eigenvalue weighted by atomic mass is 9.94. The largest absolute Gasteiger partial charge is 0.496 e. The molecule has 0 amide bonds. The highest BCUT2D eigenvalue weighted by molar-refractivity contribution is 7.46. The fourth-order valence-electron chi connectivity index (χ4n) is 4.41. The SMILES string of the molecule is COc1c(C)cc(CCOc2ccc([C@@H]3CC[C@@](N)(COP(=O)(O)O)C3)cc2)cc1C. The average Bonchev–Trinajstić information content (AvgIpc) is 3.09. The molecule has 0 heterocycles. The summed E-state index contributed by atoms with van der Waals surface area (Å²) in [5.74, 6) is 1.99. The van der Waals surface area contributed by atoms with E-state index in [1.807, 2.05) is 38.1 Å². The maximum atomic E-state index is 11.0. The first kappa shape index (κ1) is 23.8. The lowest BCUT2D eigenvalue weighted by molar-refractivity contribution is 0.153. The van der Waals surface area contributed by atoms with Crippen LogP contribution in [0.3, 0.4) is 0 Å². The summed E-state index contributed by atoms with van der Waals surface area (Å²) in [6.07, 6.45) is 2.96. The van der Waals surface area contributed by atoms with Crippen LogP contribution in [0.15, 0.2) is 36.4 Å². The molecule has 7 nitrogen and oxygen atoms in total. The van der Waals surface area contributed by atoms with Gasteiger partial charge in [-0.1, -0.05) is 24.3 Å². The smallest absolute Gasteiger partial charge is 0.469 e. The first-order chi connectivity index (χ1) is 14.6. The summed E-state index contributed by atoms with van der Waals surface area (Å²) in [6, 6.07) is 12.3. The standard InChI is InChI=1S/C23H32NO6P/c1-16-12-18(13-17(2)22(16)28-3)9-11-29-21-6-4-19(5-7-21)20-8-10-23(24,14-20)15-30-31(25,26)27/h4-7,12-13,20H,8-11,14-15,24H2,1-3H3,(H2,25,26,27)/t20-,23+/m1/s1. The highest BCUT2D eigenvalue weighted by atomic mass is 31.2. The Bertz CT molecular complexity index is 919. The number of phosphoric acid groups is 1. The van der Waals surface area contributed by atoms with Gasteiger partial charge in [0.2, 0.25) is 0 Å². The van der Waals surface area contributed by atoms with Crippen molar-refractivity contribution in [2.24, 2.45) is 5.73 Å². The molecule has 0 unspecified atom stereocenters. The normalized spacial score (nSPS) is 21.3. The topological polar surface area (TPSA) is 111 Å². The van der Waals surface area contributed by atoms with Gasteiger partial charge < -0.3 is 25.0 Å². The summed E-state index contributed by atoms with van der Waals surface area (Å²) in [7, 11) is -2.81. The van der Waals surface area contributed by atoms with Crippen molar-refractivity contribution in [2.75, 3.05) is 20.3 Å². The average molecular weight is 449 g/mol. The van der Waals surface area contributed by atoms with Crippen LogP contribution in [0.1, 0.15) is 47.4 Å². The third-order valence-corrected chi connectivity index (χ3v) is 6.36. The molecule has 0 aromatic heterocycles. The molecule has 1 aliphatic carbocycles. The second kappa shape index (κ2) is 9.72. The molecular formula is C23H32NO6P. The summed E-state index contributed by atoms with van der Waals surface area (Å²) in [6.45, 7) is 4.54. The second-order valence-electron chi connectivity index (χ2n) is 8.50. The summed E-state index contributed by atoms with van der Waals surface area (Å²) < 4.78 is 26.9. The molecule has 0 radical (unpaired) electrons. The van der Waals surface area contributed by atoms with Gasteiger partial charge in [-0.2, -0.15) is 0 Å². The number of benzene rings is 2. The predicted molar refractivity (Wildman–Crippen MR) is 120 cm³/mol. The van der Waals surface area contributed by atoms with Gasteiger partial charge in [0.1, 0.15) is 11.5 Å². The van der Waals surface area contributed by atoms with Crippen LogP contribution in [-0.4, -0.2) is 35.6 Å². The Labute approximate surface area is 183 Å². The molecule has 170 valence electrons. The number of nitrogens with two attached hydrogens (primary N) is 1. The molecule has 2 aromatic carbocycles. The zero-order valence-electron chi connectivity index (χ0n) is 18.3. The molecule has 31 heavy (non-hydrogen) atoms. The summed E-state index contributed by atoms with van der Waals surface area (Å²) in [5, 5.41) is 0.